The SMILES string of the molecule is C1=Cc2c(c3cc(-c4ccc5c(c4)C4(c6ccccc6-5)c5ccccc5-n5c6ccccc6c6cccc4c65)ccc3c3ccccc23)CC1. The van der Waals surface area contributed by atoms with Gasteiger partial charge < -0.3 is 4.57 Å². The Morgan fingerprint density at radius 1 is 0.460 bits per heavy atom. The highest BCUT2D eigenvalue weighted by Gasteiger charge is 2.50. The van der Waals surface area contributed by atoms with E-state index >= 15 is 0 Å². The van der Waals surface area contributed by atoms with Crippen molar-refractivity contribution in [1.29, 1.82) is 0 Å². The summed E-state index contributed by atoms with van der Waals surface area (Å²) in [7, 11) is 0. The molecule has 1 aliphatic heterocycles. The highest BCUT2D eigenvalue weighted by molar-refractivity contribution is 6.15. The number of nitrogens with zero attached hydrogens (tertiary/aromatic N) is 1. The monoisotopic (exact) mass is 633 g/mol. The molecule has 0 radical (unpaired) electrons. The predicted molar refractivity (Wildman–Crippen MR) is 209 cm³/mol. The highest BCUT2D eigenvalue weighted by Crippen LogP contribution is 2.61. The molecule has 3 aliphatic rings. The molecule has 0 saturated heterocycles. The zero-order chi connectivity index (χ0) is 32.6. The van der Waals surface area contributed by atoms with Gasteiger partial charge in [-0.3, -0.25) is 0 Å². The molecular formula is C49H31N. The number of hydrogen-bond acceptors (Lipinski definition) is 0. The number of allylic oxidation sites excluding steroid dienone is 1. The van der Waals surface area contributed by atoms with Gasteiger partial charge in [0.05, 0.1) is 22.1 Å². The highest BCUT2D eigenvalue weighted by atomic mass is 15.0. The maximum Gasteiger partial charge on any atom is 0.0754 e. The summed E-state index contributed by atoms with van der Waals surface area (Å²) in [5.74, 6) is 0. The van der Waals surface area contributed by atoms with E-state index in [1.54, 1.807) is 0 Å². The number of hydrogen-bond donors (Lipinski definition) is 0. The zero-order valence-electron chi connectivity index (χ0n) is 27.4. The van der Waals surface area contributed by atoms with Gasteiger partial charge in [-0.25, -0.2) is 0 Å². The van der Waals surface area contributed by atoms with E-state index in [1.807, 2.05) is 0 Å². The minimum absolute atomic E-state index is 0.445. The Morgan fingerprint density at radius 3 is 2.08 bits per heavy atom. The van der Waals surface area contributed by atoms with Crippen LogP contribution in [0.5, 0.6) is 0 Å². The molecule has 0 amide bonds. The van der Waals surface area contributed by atoms with Crippen molar-refractivity contribution in [3.8, 4) is 27.9 Å². The maximum absolute atomic E-state index is 2.53. The molecule has 0 fully saturated rings. The average Bonchev–Trinajstić information content (AvgIpc) is 3.68. The van der Waals surface area contributed by atoms with Gasteiger partial charge >= 0.3 is 0 Å². The topological polar surface area (TPSA) is 4.93 Å². The summed E-state index contributed by atoms with van der Waals surface area (Å²) >= 11 is 0. The number of aromatic nitrogens is 1. The lowest BCUT2D eigenvalue weighted by Crippen LogP contribution is -2.33. The molecule has 0 saturated carbocycles. The van der Waals surface area contributed by atoms with Crippen LogP contribution in [0.3, 0.4) is 0 Å². The van der Waals surface area contributed by atoms with E-state index in [4.69, 9.17) is 0 Å². The van der Waals surface area contributed by atoms with Gasteiger partial charge in [-0.05, 0) is 114 Å². The van der Waals surface area contributed by atoms with Crippen LogP contribution in [0.2, 0.25) is 0 Å². The van der Waals surface area contributed by atoms with Gasteiger partial charge in [-0.1, -0.05) is 140 Å². The van der Waals surface area contributed by atoms with Gasteiger partial charge in [0.15, 0.2) is 0 Å². The van der Waals surface area contributed by atoms with E-state index in [0.29, 0.717) is 0 Å². The van der Waals surface area contributed by atoms with Crippen LogP contribution in [-0.4, -0.2) is 4.57 Å². The summed E-state index contributed by atoms with van der Waals surface area (Å²) in [6.07, 6.45) is 6.86. The van der Waals surface area contributed by atoms with E-state index in [1.165, 1.54) is 105 Å². The molecular weight excluding hydrogens is 603 g/mol. The molecule has 8 aromatic carbocycles. The standard InChI is InChI=1S/C49H31N/c1-2-14-34-32(12-1)33-13-3-4-15-35(33)41-28-30(24-26-36(34)41)31-25-27-38-37-16-5-7-19-42(37)49(45(38)29-31)43-20-8-10-23-47(43)50-46-22-9-6-17-39(46)40-18-11-21-44(49)48(40)50/h1-3,5-14,16-29H,4,15H2. The minimum atomic E-state index is -0.445. The first-order valence-electron chi connectivity index (χ1n) is 17.8. The first kappa shape index (κ1) is 26.7. The van der Waals surface area contributed by atoms with E-state index in [-0.39, 0.29) is 0 Å². The quantitative estimate of drug-likeness (QED) is 0.159. The van der Waals surface area contributed by atoms with Crippen LogP contribution in [-0.2, 0) is 11.8 Å². The number of para-hydroxylation sites is 3. The van der Waals surface area contributed by atoms with E-state index in [9.17, 15) is 0 Å². The Hall–Kier alpha value is -6.18. The van der Waals surface area contributed by atoms with Gasteiger partial charge in [0.25, 0.3) is 0 Å². The van der Waals surface area contributed by atoms with Crippen molar-refractivity contribution in [3.63, 3.8) is 0 Å². The predicted octanol–water partition coefficient (Wildman–Crippen LogP) is 12.4. The first-order chi connectivity index (χ1) is 24.8. The minimum Gasteiger partial charge on any atom is -0.309 e. The molecule has 1 atom stereocenters. The molecule has 2 heterocycles. The summed E-state index contributed by atoms with van der Waals surface area (Å²) in [6, 6.07) is 57.6. The Balaban J connectivity index is 1.18. The fourth-order valence-electron chi connectivity index (χ4n) is 10.1. The van der Waals surface area contributed by atoms with E-state index in [2.05, 4.69) is 168 Å². The lowest BCUT2D eigenvalue weighted by Gasteiger charge is -2.39. The van der Waals surface area contributed by atoms with Crippen LogP contribution in [0.4, 0.5) is 0 Å². The summed E-state index contributed by atoms with van der Waals surface area (Å²) < 4.78 is 2.52. The fourth-order valence-corrected chi connectivity index (χ4v) is 10.1. The number of benzene rings is 8. The third-order valence-electron chi connectivity index (χ3n) is 12.0. The van der Waals surface area contributed by atoms with Crippen LogP contribution in [0, 0.1) is 0 Å². The van der Waals surface area contributed by atoms with Crippen LogP contribution < -0.4 is 0 Å². The Bertz CT molecular complexity index is 2990. The van der Waals surface area contributed by atoms with Gasteiger partial charge in [0.1, 0.15) is 0 Å². The summed E-state index contributed by atoms with van der Waals surface area (Å²) in [6.45, 7) is 0. The fraction of sp³-hybridized carbons (Fsp3) is 0.0612. The second-order valence-corrected chi connectivity index (χ2v) is 14.3. The second kappa shape index (κ2) is 9.49. The molecule has 0 N–H and O–H groups in total. The summed E-state index contributed by atoms with van der Waals surface area (Å²) in [5.41, 5.74) is 16.9. The summed E-state index contributed by atoms with van der Waals surface area (Å²) in [4.78, 5) is 0. The van der Waals surface area contributed by atoms with Crippen molar-refractivity contribution >= 4 is 49.4 Å². The number of aryl methyl sites for hydroxylation is 1. The Morgan fingerprint density at radius 2 is 1.14 bits per heavy atom. The van der Waals surface area contributed by atoms with Gasteiger partial charge in [0.2, 0.25) is 0 Å². The molecule has 50 heavy (non-hydrogen) atoms. The Labute approximate surface area is 290 Å². The molecule has 2 aliphatic carbocycles. The lowest BCUT2D eigenvalue weighted by atomic mass is 9.65. The van der Waals surface area contributed by atoms with Crippen LogP contribution in [0.15, 0.2) is 158 Å². The number of rotatable bonds is 1. The normalized spacial score (nSPS) is 16.6. The third kappa shape index (κ3) is 3.15. The average molecular weight is 634 g/mol. The van der Waals surface area contributed by atoms with Crippen LogP contribution in [0.1, 0.15) is 39.8 Å². The smallest absolute Gasteiger partial charge is 0.0754 e. The van der Waals surface area contributed by atoms with E-state index in [0.717, 1.165) is 12.8 Å². The summed E-state index contributed by atoms with van der Waals surface area (Å²) in [5, 5.41) is 8.05. The largest absolute Gasteiger partial charge is 0.309 e. The number of fused-ring (bicyclic) bond motifs is 18. The van der Waals surface area contributed by atoms with Gasteiger partial charge in [0, 0.05) is 10.8 Å². The van der Waals surface area contributed by atoms with Gasteiger partial charge in [-0.2, -0.15) is 0 Å². The molecule has 232 valence electrons. The molecule has 0 bridgehead atoms. The molecule has 1 aromatic heterocycles. The van der Waals surface area contributed by atoms with Crippen LogP contribution >= 0.6 is 0 Å². The lowest BCUT2D eigenvalue weighted by molar-refractivity contribution is 0.749. The molecule has 1 unspecified atom stereocenters. The Kier molecular flexibility index (Phi) is 5.08. The van der Waals surface area contributed by atoms with Crippen molar-refractivity contribution in [1.82, 2.24) is 4.57 Å². The third-order valence-corrected chi connectivity index (χ3v) is 12.0. The van der Waals surface area contributed by atoms with Crippen molar-refractivity contribution in [2.45, 2.75) is 18.3 Å². The van der Waals surface area contributed by atoms with Gasteiger partial charge in [-0.15, -0.1) is 0 Å². The van der Waals surface area contributed by atoms with Crippen LogP contribution in [0.25, 0.3) is 77.4 Å². The molecule has 1 heteroatoms. The van der Waals surface area contributed by atoms with Crippen molar-refractivity contribution in [3.05, 3.63) is 191 Å². The zero-order valence-corrected chi connectivity index (χ0v) is 27.4. The van der Waals surface area contributed by atoms with Crippen molar-refractivity contribution in [2.75, 3.05) is 0 Å². The second-order valence-electron chi connectivity index (χ2n) is 14.3. The maximum atomic E-state index is 2.53. The van der Waals surface area contributed by atoms with Crippen molar-refractivity contribution < 1.29 is 0 Å². The van der Waals surface area contributed by atoms with E-state index < -0.39 is 5.41 Å². The molecule has 12 rings (SSSR count). The van der Waals surface area contributed by atoms with Crippen molar-refractivity contribution in [2.24, 2.45) is 0 Å². The molecule has 9 aromatic rings. The molecule has 1 spiro atoms. The first-order valence-corrected chi connectivity index (χ1v) is 17.8. The molecule has 1 nitrogen and oxygen atoms in total.